The number of aliphatic hydroxyl groups excluding tert-OH is 1. The van der Waals surface area contributed by atoms with Gasteiger partial charge in [-0.15, -0.1) is 0 Å². The lowest BCUT2D eigenvalue weighted by molar-refractivity contribution is -0.121. The highest BCUT2D eigenvalue weighted by Gasteiger charge is 2.24. The molecule has 0 aromatic rings. The number of hydrogen-bond acceptors (Lipinski definition) is 3. The van der Waals surface area contributed by atoms with Crippen LogP contribution in [-0.2, 0) is 4.79 Å². The molecule has 2 rings (SSSR count). The second kappa shape index (κ2) is 9.42. The summed E-state index contributed by atoms with van der Waals surface area (Å²) < 4.78 is 0. The topological polar surface area (TPSA) is 52.6 Å². The highest BCUT2D eigenvalue weighted by Crippen LogP contribution is 2.23. The van der Waals surface area contributed by atoms with Gasteiger partial charge in [0.2, 0.25) is 5.91 Å². The van der Waals surface area contributed by atoms with Crippen molar-refractivity contribution in [3.63, 3.8) is 0 Å². The summed E-state index contributed by atoms with van der Waals surface area (Å²) in [5.74, 6) is 0.931. The van der Waals surface area contributed by atoms with Crippen LogP contribution in [0, 0.1) is 5.92 Å². The Bertz CT molecular complexity index is 303. The van der Waals surface area contributed by atoms with Crippen molar-refractivity contribution < 1.29 is 9.90 Å². The first kappa shape index (κ1) is 16.8. The number of rotatable bonds is 8. The Morgan fingerprint density at radius 3 is 2.71 bits per heavy atom. The largest absolute Gasteiger partial charge is 0.396 e. The molecule has 4 nitrogen and oxygen atoms in total. The molecule has 2 fully saturated rings. The number of nitrogens with zero attached hydrogens (tertiary/aromatic N) is 1. The number of amides is 1. The van der Waals surface area contributed by atoms with Gasteiger partial charge in [-0.2, -0.15) is 0 Å². The predicted octanol–water partition coefficient (Wildman–Crippen LogP) is 2.31. The van der Waals surface area contributed by atoms with Crippen LogP contribution in [0.4, 0.5) is 0 Å². The van der Waals surface area contributed by atoms with Crippen LogP contribution in [-0.4, -0.2) is 48.2 Å². The summed E-state index contributed by atoms with van der Waals surface area (Å²) in [4.78, 5) is 14.4. The van der Waals surface area contributed by atoms with E-state index in [4.69, 9.17) is 5.11 Å². The minimum atomic E-state index is 0.216. The van der Waals surface area contributed by atoms with Crippen LogP contribution in [0.3, 0.4) is 0 Å². The summed E-state index contributed by atoms with van der Waals surface area (Å²) in [7, 11) is 0. The lowest BCUT2D eigenvalue weighted by Crippen LogP contribution is -2.36. The second-order valence-electron chi connectivity index (χ2n) is 6.76. The average Bonchev–Trinajstić information content (AvgIpc) is 2.97. The smallest absolute Gasteiger partial charge is 0.221 e. The molecule has 1 amide bonds. The fraction of sp³-hybridized carbons (Fsp3) is 0.941. The first-order chi connectivity index (χ1) is 10.3. The quantitative estimate of drug-likeness (QED) is 0.723. The van der Waals surface area contributed by atoms with E-state index in [9.17, 15) is 4.79 Å². The summed E-state index contributed by atoms with van der Waals surface area (Å²) in [6.07, 6.45) is 11.7. The third-order valence-electron chi connectivity index (χ3n) is 5.13. The third-order valence-corrected chi connectivity index (χ3v) is 5.13. The number of aliphatic hydroxyl groups is 1. The van der Waals surface area contributed by atoms with Crippen molar-refractivity contribution in [2.45, 2.75) is 70.3 Å². The van der Waals surface area contributed by atoms with Gasteiger partial charge in [-0.25, -0.2) is 0 Å². The number of likely N-dealkylation sites (tertiary alicyclic amines) is 1. The molecule has 1 atom stereocenters. The number of carbonyl (C=O) groups is 1. The van der Waals surface area contributed by atoms with Crippen LogP contribution in [0.1, 0.15) is 64.2 Å². The zero-order valence-electron chi connectivity index (χ0n) is 13.4. The Labute approximate surface area is 129 Å². The van der Waals surface area contributed by atoms with Crippen molar-refractivity contribution in [3.8, 4) is 0 Å². The zero-order chi connectivity index (χ0) is 14.9. The average molecular weight is 296 g/mol. The normalized spacial score (nSPS) is 24.3. The van der Waals surface area contributed by atoms with Crippen molar-refractivity contribution >= 4 is 5.91 Å². The highest BCUT2D eigenvalue weighted by atomic mass is 16.2. The molecular weight excluding hydrogens is 264 g/mol. The summed E-state index contributed by atoms with van der Waals surface area (Å²) in [6, 6.07) is 0.586. The van der Waals surface area contributed by atoms with E-state index in [0.717, 1.165) is 32.5 Å². The number of hydrogen-bond donors (Lipinski definition) is 2. The molecule has 2 aliphatic rings. The summed E-state index contributed by atoms with van der Waals surface area (Å²) in [5.41, 5.74) is 0. The summed E-state index contributed by atoms with van der Waals surface area (Å²) >= 11 is 0. The highest BCUT2D eigenvalue weighted by molar-refractivity contribution is 5.76. The van der Waals surface area contributed by atoms with Crippen molar-refractivity contribution in [2.75, 3.05) is 26.2 Å². The monoisotopic (exact) mass is 296 g/mol. The summed E-state index contributed by atoms with van der Waals surface area (Å²) in [5, 5.41) is 12.1. The number of nitrogens with one attached hydrogen (secondary N) is 1. The van der Waals surface area contributed by atoms with Crippen LogP contribution in [0.2, 0.25) is 0 Å². The lowest BCUT2D eigenvalue weighted by atomic mass is 9.89. The van der Waals surface area contributed by atoms with E-state index in [-0.39, 0.29) is 12.5 Å². The minimum Gasteiger partial charge on any atom is -0.396 e. The lowest BCUT2D eigenvalue weighted by Gasteiger charge is -2.25. The molecule has 1 heterocycles. The molecule has 1 saturated carbocycles. The van der Waals surface area contributed by atoms with Crippen molar-refractivity contribution in [1.82, 2.24) is 10.2 Å². The number of carbonyl (C=O) groups excluding carboxylic acids is 1. The Balaban J connectivity index is 1.59. The standard InChI is InChI=1S/C17H32N2O2/c20-13-5-9-16-8-4-11-19(16)12-10-17(21)18-14-15-6-2-1-3-7-15/h15-16,20H,1-14H2,(H,18,21). The van der Waals surface area contributed by atoms with E-state index >= 15 is 0 Å². The Morgan fingerprint density at radius 2 is 1.95 bits per heavy atom. The molecule has 0 spiro atoms. The van der Waals surface area contributed by atoms with Crippen LogP contribution in [0.15, 0.2) is 0 Å². The van der Waals surface area contributed by atoms with Gasteiger partial charge in [0.1, 0.15) is 0 Å². The van der Waals surface area contributed by atoms with E-state index < -0.39 is 0 Å². The Hall–Kier alpha value is -0.610. The van der Waals surface area contributed by atoms with Gasteiger partial charge < -0.3 is 10.4 Å². The van der Waals surface area contributed by atoms with Crippen LogP contribution >= 0.6 is 0 Å². The molecule has 4 heteroatoms. The van der Waals surface area contributed by atoms with E-state index in [0.29, 0.717) is 18.4 Å². The van der Waals surface area contributed by atoms with E-state index in [2.05, 4.69) is 10.2 Å². The maximum absolute atomic E-state index is 12.0. The van der Waals surface area contributed by atoms with E-state index in [1.54, 1.807) is 0 Å². The maximum Gasteiger partial charge on any atom is 0.221 e. The predicted molar refractivity (Wildman–Crippen MR) is 85.1 cm³/mol. The van der Waals surface area contributed by atoms with Gasteiger partial charge >= 0.3 is 0 Å². The van der Waals surface area contributed by atoms with Crippen molar-refractivity contribution in [3.05, 3.63) is 0 Å². The molecule has 122 valence electrons. The molecule has 0 radical (unpaired) electrons. The van der Waals surface area contributed by atoms with E-state index in [1.165, 1.54) is 44.9 Å². The third kappa shape index (κ3) is 5.95. The Morgan fingerprint density at radius 1 is 1.14 bits per heavy atom. The Kier molecular flexibility index (Phi) is 7.51. The molecule has 1 saturated heterocycles. The maximum atomic E-state index is 12.0. The summed E-state index contributed by atoms with van der Waals surface area (Å²) in [6.45, 7) is 3.16. The van der Waals surface area contributed by atoms with Crippen LogP contribution in [0.5, 0.6) is 0 Å². The van der Waals surface area contributed by atoms with Gasteiger partial charge in [-0.05, 0) is 51.0 Å². The van der Waals surface area contributed by atoms with Crippen molar-refractivity contribution in [1.29, 1.82) is 0 Å². The molecule has 21 heavy (non-hydrogen) atoms. The molecule has 0 aromatic carbocycles. The molecule has 2 N–H and O–H groups in total. The molecule has 1 aliphatic carbocycles. The molecule has 0 bridgehead atoms. The van der Waals surface area contributed by atoms with E-state index in [1.807, 2.05) is 0 Å². The molecule has 1 aliphatic heterocycles. The molecule has 0 aromatic heterocycles. The second-order valence-corrected chi connectivity index (χ2v) is 6.76. The van der Waals surface area contributed by atoms with Gasteiger partial charge in [0.05, 0.1) is 0 Å². The van der Waals surface area contributed by atoms with Gasteiger partial charge in [-0.1, -0.05) is 19.3 Å². The minimum absolute atomic E-state index is 0.216. The SMILES string of the molecule is O=C(CCN1CCCC1CCCO)NCC1CCCCC1. The van der Waals surface area contributed by atoms with Crippen molar-refractivity contribution in [2.24, 2.45) is 5.92 Å². The van der Waals surface area contributed by atoms with Gasteiger partial charge in [0, 0.05) is 32.2 Å². The van der Waals surface area contributed by atoms with Gasteiger partial charge in [0.25, 0.3) is 0 Å². The fourth-order valence-electron chi connectivity index (χ4n) is 3.83. The molecular formula is C17H32N2O2. The fourth-order valence-corrected chi connectivity index (χ4v) is 3.83. The molecule has 1 unspecified atom stereocenters. The first-order valence-electron chi connectivity index (χ1n) is 8.91. The van der Waals surface area contributed by atoms with Gasteiger partial charge in [0.15, 0.2) is 0 Å². The van der Waals surface area contributed by atoms with Gasteiger partial charge in [-0.3, -0.25) is 9.69 Å². The first-order valence-corrected chi connectivity index (χ1v) is 8.91. The van der Waals surface area contributed by atoms with Crippen LogP contribution in [0.25, 0.3) is 0 Å². The van der Waals surface area contributed by atoms with Crippen LogP contribution < -0.4 is 5.32 Å². The zero-order valence-corrected chi connectivity index (χ0v) is 13.4.